The molecule has 112 valence electrons. The van der Waals surface area contributed by atoms with Crippen molar-refractivity contribution in [1.82, 2.24) is 14.8 Å². The van der Waals surface area contributed by atoms with Crippen molar-refractivity contribution in [2.45, 2.75) is 38.1 Å². The van der Waals surface area contributed by atoms with Crippen LogP contribution in [0.4, 0.5) is 0 Å². The van der Waals surface area contributed by atoms with Crippen molar-refractivity contribution in [3.63, 3.8) is 0 Å². The van der Waals surface area contributed by atoms with Gasteiger partial charge < -0.3 is 14.8 Å². The van der Waals surface area contributed by atoms with Crippen molar-refractivity contribution >= 4 is 5.91 Å². The molecule has 0 atom stereocenters. The number of carbonyl (C=O) groups excluding carboxylic acids is 1. The van der Waals surface area contributed by atoms with Crippen LogP contribution in [0.1, 0.15) is 46.9 Å². The minimum atomic E-state index is -0.0781. The van der Waals surface area contributed by atoms with Gasteiger partial charge in [-0.05, 0) is 43.7 Å². The van der Waals surface area contributed by atoms with Gasteiger partial charge in [0.2, 0.25) is 0 Å². The minimum Gasteiger partial charge on any atom is -0.336 e. The molecular weight excluding hydrogens is 266 g/mol. The number of aromatic nitrogens is 1. The van der Waals surface area contributed by atoms with E-state index in [-0.39, 0.29) is 11.5 Å². The van der Waals surface area contributed by atoms with E-state index in [0.717, 1.165) is 45.2 Å². The van der Waals surface area contributed by atoms with E-state index in [2.05, 4.69) is 5.32 Å². The molecule has 1 amide bonds. The summed E-state index contributed by atoms with van der Waals surface area (Å²) in [6, 6.07) is 2.23. The van der Waals surface area contributed by atoms with Crippen molar-refractivity contribution in [2.75, 3.05) is 26.2 Å². The Kier molecular flexibility index (Phi) is 3.10. The fourth-order valence-corrected chi connectivity index (χ4v) is 3.58. The fraction of sp³-hybridized carbons (Fsp3) is 0.625. The number of fused-ring (bicyclic) bond motifs is 1. The van der Waals surface area contributed by atoms with Gasteiger partial charge >= 0.3 is 0 Å². The Labute approximate surface area is 123 Å². The first-order chi connectivity index (χ1) is 10.3. The summed E-state index contributed by atoms with van der Waals surface area (Å²) < 4.78 is 1.94. The third-order valence-corrected chi connectivity index (χ3v) is 4.84. The lowest BCUT2D eigenvalue weighted by Crippen LogP contribution is -2.48. The van der Waals surface area contributed by atoms with Gasteiger partial charge in [-0.1, -0.05) is 0 Å². The lowest BCUT2D eigenvalue weighted by molar-refractivity contribution is 0.0733. The van der Waals surface area contributed by atoms with Crippen LogP contribution >= 0.6 is 0 Å². The number of aryl methyl sites for hydroxylation is 1. The minimum absolute atomic E-state index is 0.0540. The zero-order valence-corrected chi connectivity index (χ0v) is 12.2. The van der Waals surface area contributed by atoms with Crippen molar-refractivity contribution < 1.29 is 4.79 Å². The smallest absolute Gasteiger partial charge is 0.263 e. The molecule has 0 unspecified atom stereocenters. The Morgan fingerprint density at radius 1 is 1.19 bits per heavy atom. The van der Waals surface area contributed by atoms with Crippen LogP contribution in [-0.4, -0.2) is 41.6 Å². The third kappa shape index (κ3) is 2.20. The second kappa shape index (κ2) is 4.98. The molecule has 0 bridgehead atoms. The number of nitrogens with one attached hydrogen (secondary N) is 1. The summed E-state index contributed by atoms with van der Waals surface area (Å²) >= 11 is 0. The second-order valence-electron chi connectivity index (χ2n) is 6.33. The maximum absolute atomic E-state index is 12.8. The van der Waals surface area contributed by atoms with Crippen LogP contribution in [0, 0.1) is 0 Å². The first-order valence-corrected chi connectivity index (χ1v) is 8.03. The fourth-order valence-electron chi connectivity index (χ4n) is 3.58. The van der Waals surface area contributed by atoms with E-state index in [4.69, 9.17) is 0 Å². The van der Waals surface area contributed by atoms with Gasteiger partial charge in [-0.3, -0.25) is 9.59 Å². The Hall–Kier alpha value is -1.62. The summed E-state index contributed by atoms with van der Waals surface area (Å²) in [5.74, 6) is -0.0781. The van der Waals surface area contributed by atoms with Crippen LogP contribution < -0.4 is 10.9 Å². The first kappa shape index (κ1) is 13.1. The highest BCUT2D eigenvalue weighted by atomic mass is 16.2. The predicted molar refractivity (Wildman–Crippen MR) is 79.8 cm³/mol. The molecule has 2 heterocycles. The van der Waals surface area contributed by atoms with Gasteiger partial charge in [0.05, 0.1) is 0 Å². The molecule has 5 nitrogen and oxygen atoms in total. The summed E-state index contributed by atoms with van der Waals surface area (Å²) in [6.45, 7) is 3.01. The number of hydrogen-bond acceptors (Lipinski definition) is 3. The number of amides is 1. The highest BCUT2D eigenvalue weighted by Crippen LogP contribution is 2.37. The van der Waals surface area contributed by atoms with Crippen molar-refractivity contribution in [3.05, 3.63) is 33.2 Å². The predicted octanol–water partition coefficient (Wildman–Crippen LogP) is 0.717. The number of piperazine rings is 1. The third-order valence-electron chi connectivity index (χ3n) is 4.84. The average Bonchev–Trinajstić information content (AvgIpc) is 3.24. The van der Waals surface area contributed by atoms with Gasteiger partial charge in [0.15, 0.2) is 0 Å². The number of rotatable bonds is 2. The molecule has 0 radical (unpaired) electrons. The summed E-state index contributed by atoms with van der Waals surface area (Å²) in [5, 5.41) is 3.24. The maximum atomic E-state index is 12.8. The Morgan fingerprint density at radius 2 is 1.95 bits per heavy atom. The summed E-state index contributed by atoms with van der Waals surface area (Å²) in [5.41, 5.74) is 2.76. The van der Waals surface area contributed by atoms with Crippen LogP contribution in [0.3, 0.4) is 0 Å². The van der Waals surface area contributed by atoms with E-state index < -0.39 is 0 Å². The number of hydrogen-bond donors (Lipinski definition) is 1. The maximum Gasteiger partial charge on any atom is 0.263 e. The molecule has 1 saturated carbocycles. The van der Waals surface area contributed by atoms with E-state index in [1.807, 2.05) is 15.5 Å². The van der Waals surface area contributed by atoms with Gasteiger partial charge in [0.25, 0.3) is 11.5 Å². The zero-order valence-electron chi connectivity index (χ0n) is 12.2. The van der Waals surface area contributed by atoms with Crippen LogP contribution in [0.25, 0.3) is 0 Å². The Bertz CT molecular complexity index is 640. The van der Waals surface area contributed by atoms with Gasteiger partial charge in [-0.2, -0.15) is 0 Å². The van der Waals surface area contributed by atoms with E-state index >= 15 is 0 Å². The van der Waals surface area contributed by atoms with Crippen molar-refractivity contribution in [2.24, 2.45) is 0 Å². The second-order valence-corrected chi connectivity index (χ2v) is 6.33. The Morgan fingerprint density at radius 3 is 2.67 bits per heavy atom. The van der Waals surface area contributed by atoms with E-state index in [1.165, 1.54) is 11.3 Å². The summed E-state index contributed by atoms with van der Waals surface area (Å²) in [7, 11) is 0. The quantitative estimate of drug-likeness (QED) is 0.872. The van der Waals surface area contributed by atoms with Gasteiger partial charge in [0.1, 0.15) is 5.56 Å². The highest BCUT2D eigenvalue weighted by Gasteiger charge is 2.32. The molecule has 1 aromatic heterocycles. The lowest BCUT2D eigenvalue weighted by atomic mass is 10.1. The molecule has 0 spiro atoms. The molecule has 1 aliphatic heterocycles. The zero-order chi connectivity index (χ0) is 14.4. The first-order valence-electron chi connectivity index (χ1n) is 8.03. The van der Waals surface area contributed by atoms with E-state index in [0.29, 0.717) is 24.7 Å². The van der Waals surface area contributed by atoms with Crippen LogP contribution in [-0.2, 0) is 12.8 Å². The molecular formula is C16H21N3O2. The topological polar surface area (TPSA) is 54.3 Å². The van der Waals surface area contributed by atoms with Crippen LogP contribution in [0.15, 0.2) is 10.9 Å². The molecule has 1 aromatic rings. The SMILES string of the molecule is O=C(c1cc2c(n(C3CC3)c1=O)CCC2)N1CCNCC1. The molecule has 2 aliphatic carbocycles. The van der Waals surface area contributed by atoms with Crippen molar-refractivity contribution in [3.8, 4) is 0 Å². The molecule has 1 N–H and O–H groups in total. The number of nitrogens with zero attached hydrogens (tertiary/aromatic N) is 2. The summed E-state index contributed by atoms with van der Waals surface area (Å²) in [4.78, 5) is 27.3. The highest BCUT2D eigenvalue weighted by molar-refractivity contribution is 5.94. The van der Waals surface area contributed by atoms with Crippen LogP contribution in [0.5, 0.6) is 0 Å². The molecule has 21 heavy (non-hydrogen) atoms. The molecule has 0 aromatic carbocycles. The number of carbonyl (C=O) groups is 1. The van der Waals surface area contributed by atoms with Gasteiger partial charge in [-0.25, -0.2) is 0 Å². The largest absolute Gasteiger partial charge is 0.336 e. The van der Waals surface area contributed by atoms with Gasteiger partial charge in [0, 0.05) is 37.9 Å². The molecule has 5 heteroatoms. The van der Waals surface area contributed by atoms with E-state index in [1.54, 1.807) is 0 Å². The van der Waals surface area contributed by atoms with Crippen molar-refractivity contribution in [1.29, 1.82) is 0 Å². The summed E-state index contributed by atoms with van der Waals surface area (Å²) in [6.07, 6.45) is 5.26. The normalized spacial score (nSPS) is 21.4. The van der Waals surface area contributed by atoms with E-state index in [9.17, 15) is 9.59 Å². The monoisotopic (exact) mass is 287 g/mol. The molecule has 4 rings (SSSR count). The Balaban J connectivity index is 1.76. The van der Waals surface area contributed by atoms with Gasteiger partial charge in [-0.15, -0.1) is 0 Å². The number of pyridine rings is 1. The van der Waals surface area contributed by atoms with Crippen LogP contribution in [0.2, 0.25) is 0 Å². The standard InChI is InChI=1S/C16H21N3O2/c20-15(18-8-6-17-7-9-18)13-10-11-2-1-3-14(11)19(16(13)21)12-4-5-12/h10,12,17H,1-9H2. The molecule has 3 aliphatic rings. The molecule has 1 saturated heterocycles. The lowest BCUT2D eigenvalue weighted by Gasteiger charge is -2.27. The average molecular weight is 287 g/mol. The molecule has 2 fully saturated rings.